The maximum Gasteiger partial charge on any atom is 0.319 e. The van der Waals surface area contributed by atoms with Gasteiger partial charge in [0.1, 0.15) is 0 Å². The summed E-state index contributed by atoms with van der Waals surface area (Å²) in [5.41, 5.74) is 1.15. The number of alkyl halides is 1. The quantitative estimate of drug-likeness (QED) is 0.644. The van der Waals surface area contributed by atoms with Crippen LogP contribution in [0.4, 0.5) is 10.5 Å². The lowest BCUT2D eigenvalue weighted by Crippen LogP contribution is -2.33. The van der Waals surface area contributed by atoms with Gasteiger partial charge in [-0.25, -0.2) is 4.79 Å². The second kappa shape index (κ2) is 6.79. The summed E-state index contributed by atoms with van der Waals surface area (Å²) < 4.78 is 0. The van der Waals surface area contributed by atoms with Crippen molar-refractivity contribution >= 4 is 35.1 Å². The van der Waals surface area contributed by atoms with E-state index in [-0.39, 0.29) is 17.7 Å². The van der Waals surface area contributed by atoms with Crippen LogP contribution in [0.2, 0.25) is 0 Å². The number of carbonyl (C=O) groups excluding carboxylic acids is 3. The van der Waals surface area contributed by atoms with Crippen LogP contribution in [0.3, 0.4) is 0 Å². The summed E-state index contributed by atoms with van der Waals surface area (Å²) in [6.45, 7) is 4.61. The molecule has 0 radical (unpaired) electrons. The number of hydrogen-bond donors (Lipinski definition) is 2. The van der Waals surface area contributed by atoms with Crippen molar-refractivity contribution in [2.45, 2.75) is 13.8 Å². The number of amides is 4. The zero-order valence-electron chi connectivity index (χ0n) is 12.5. The second-order valence-electron chi connectivity index (χ2n) is 5.45. The molecule has 0 fully saturated rings. The Balaban J connectivity index is 2.16. The molecule has 0 aliphatic carbocycles. The van der Waals surface area contributed by atoms with Gasteiger partial charge in [0.05, 0.1) is 11.1 Å². The van der Waals surface area contributed by atoms with Crippen molar-refractivity contribution < 1.29 is 14.4 Å². The van der Waals surface area contributed by atoms with Crippen LogP contribution in [0.15, 0.2) is 18.2 Å². The number of nitrogens with one attached hydrogen (secondary N) is 2. The molecule has 1 heterocycles. The Morgan fingerprint density at radius 2 is 1.91 bits per heavy atom. The van der Waals surface area contributed by atoms with Gasteiger partial charge < -0.3 is 10.6 Å². The van der Waals surface area contributed by atoms with Gasteiger partial charge in [-0.3, -0.25) is 14.5 Å². The number of benzene rings is 1. The summed E-state index contributed by atoms with van der Waals surface area (Å²) in [6, 6.07) is 4.28. The molecular weight excluding hydrogens is 306 g/mol. The molecule has 1 aliphatic heterocycles. The van der Waals surface area contributed by atoms with Gasteiger partial charge in [0, 0.05) is 24.7 Å². The molecule has 0 unspecified atom stereocenters. The number of urea groups is 1. The Morgan fingerprint density at radius 1 is 1.23 bits per heavy atom. The number of rotatable bonds is 5. The molecule has 0 saturated heterocycles. The number of anilines is 1. The number of carbonyl (C=O) groups is 3. The van der Waals surface area contributed by atoms with Crippen LogP contribution in [-0.2, 0) is 0 Å². The number of nitrogens with zero attached hydrogens (tertiary/aromatic N) is 1. The van der Waals surface area contributed by atoms with Crippen molar-refractivity contribution in [1.29, 1.82) is 0 Å². The molecule has 0 spiro atoms. The summed E-state index contributed by atoms with van der Waals surface area (Å²) >= 11 is 5.49. The highest BCUT2D eigenvalue weighted by atomic mass is 35.5. The number of fused-ring (bicyclic) bond motifs is 1. The summed E-state index contributed by atoms with van der Waals surface area (Å²) in [5, 5.41) is 5.17. The summed E-state index contributed by atoms with van der Waals surface area (Å²) in [6.07, 6.45) is 0. The Kier molecular flexibility index (Phi) is 5.03. The van der Waals surface area contributed by atoms with Gasteiger partial charge in [-0.1, -0.05) is 13.8 Å². The van der Waals surface area contributed by atoms with E-state index >= 15 is 0 Å². The molecule has 2 rings (SSSR count). The molecule has 118 valence electrons. The number of hydrogen-bond acceptors (Lipinski definition) is 3. The highest BCUT2D eigenvalue weighted by Gasteiger charge is 2.35. The topological polar surface area (TPSA) is 78.5 Å². The van der Waals surface area contributed by atoms with Crippen molar-refractivity contribution in [2.75, 3.05) is 24.3 Å². The monoisotopic (exact) mass is 323 g/mol. The van der Waals surface area contributed by atoms with Gasteiger partial charge >= 0.3 is 6.03 Å². The van der Waals surface area contributed by atoms with Crippen molar-refractivity contribution in [3.63, 3.8) is 0 Å². The molecule has 0 saturated carbocycles. The first-order valence-corrected chi connectivity index (χ1v) is 7.58. The first-order chi connectivity index (χ1) is 10.4. The van der Waals surface area contributed by atoms with Gasteiger partial charge in [0.2, 0.25) is 0 Å². The van der Waals surface area contributed by atoms with E-state index in [1.807, 2.05) is 13.8 Å². The molecule has 1 aromatic carbocycles. The molecule has 6 nitrogen and oxygen atoms in total. The number of halogens is 1. The van der Waals surface area contributed by atoms with Crippen LogP contribution in [0.25, 0.3) is 0 Å². The van der Waals surface area contributed by atoms with Crippen LogP contribution in [0.1, 0.15) is 34.6 Å². The predicted molar refractivity (Wildman–Crippen MR) is 84.4 cm³/mol. The standard InChI is InChI=1S/C15H18ClN3O3/c1-9(2)8-19-13(20)11-4-3-10(7-12(11)14(19)21)18-15(22)17-6-5-16/h3-4,7,9H,5-6,8H2,1-2H3,(H2,17,18,22). The van der Waals surface area contributed by atoms with E-state index in [2.05, 4.69) is 10.6 Å². The summed E-state index contributed by atoms with van der Waals surface area (Å²) in [5.74, 6) is -0.0964. The van der Waals surface area contributed by atoms with E-state index in [4.69, 9.17) is 11.6 Å². The van der Waals surface area contributed by atoms with Crippen molar-refractivity contribution in [2.24, 2.45) is 5.92 Å². The van der Waals surface area contributed by atoms with Crippen LogP contribution < -0.4 is 10.6 Å². The molecule has 22 heavy (non-hydrogen) atoms. The van der Waals surface area contributed by atoms with E-state index in [1.165, 1.54) is 11.0 Å². The Labute approximate surface area is 133 Å². The molecule has 1 aliphatic rings. The minimum absolute atomic E-state index is 0.195. The van der Waals surface area contributed by atoms with Gasteiger partial charge in [-0.05, 0) is 24.1 Å². The zero-order valence-corrected chi connectivity index (χ0v) is 13.2. The molecule has 2 N–H and O–H groups in total. The molecule has 0 bridgehead atoms. The van der Waals surface area contributed by atoms with E-state index in [9.17, 15) is 14.4 Å². The predicted octanol–water partition coefficient (Wildman–Crippen LogP) is 2.30. The fraction of sp³-hybridized carbons (Fsp3) is 0.400. The molecule has 4 amide bonds. The Morgan fingerprint density at radius 3 is 2.55 bits per heavy atom. The lowest BCUT2D eigenvalue weighted by atomic mass is 10.1. The van der Waals surface area contributed by atoms with Crippen LogP contribution in [-0.4, -0.2) is 41.7 Å². The summed E-state index contributed by atoms with van der Waals surface area (Å²) in [4.78, 5) is 37.3. The third-order valence-electron chi connectivity index (χ3n) is 3.16. The SMILES string of the molecule is CC(C)CN1C(=O)c2ccc(NC(=O)NCCCl)cc2C1=O. The first-order valence-electron chi connectivity index (χ1n) is 7.05. The second-order valence-corrected chi connectivity index (χ2v) is 5.82. The third kappa shape index (κ3) is 3.39. The van der Waals surface area contributed by atoms with Crippen molar-refractivity contribution in [1.82, 2.24) is 10.2 Å². The van der Waals surface area contributed by atoms with Gasteiger partial charge in [-0.15, -0.1) is 11.6 Å². The summed E-state index contributed by atoms with van der Waals surface area (Å²) in [7, 11) is 0. The average molecular weight is 324 g/mol. The van der Waals surface area contributed by atoms with Crippen LogP contribution >= 0.6 is 11.6 Å². The van der Waals surface area contributed by atoms with Crippen LogP contribution in [0.5, 0.6) is 0 Å². The fourth-order valence-electron chi connectivity index (χ4n) is 2.24. The number of imide groups is 1. The zero-order chi connectivity index (χ0) is 16.3. The molecule has 1 aromatic rings. The normalized spacial score (nSPS) is 13.5. The minimum atomic E-state index is -0.406. The highest BCUT2D eigenvalue weighted by Crippen LogP contribution is 2.26. The maximum absolute atomic E-state index is 12.3. The average Bonchev–Trinajstić information content (AvgIpc) is 2.69. The lowest BCUT2D eigenvalue weighted by Gasteiger charge is -2.15. The van der Waals surface area contributed by atoms with Crippen molar-refractivity contribution in [3.05, 3.63) is 29.3 Å². The molecule has 7 heteroatoms. The fourth-order valence-corrected chi connectivity index (χ4v) is 2.33. The smallest absolute Gasteiger partial charge is 0.319 e. The van der Waals surface area contributed by atoms with Crippen LogP contribution in [0, 0.1) is 5.92 Å². The third-order valence-corrected chi connectivity index (χ3v) is 3.35. The highest BCUT2D eigenvalue weighted by molar-refractivity contribution is 6.22. The Bertz CT molecular complexity index is 616. The molecule has 0 atom stereocenters. The van der Waals surface area contributed by atoms with E-state index in [1.54, 1.807) is 12.1 Å². The maximum atomic E-state index is 12.3. The lowest BCUT2D eigenvalue weighted by molar-refractivity contribution is 0.0636. The van der Waals surface area contributed by atoms with E-state index in [0.29, 0.717) is 35.8 Å². The molecule has 0 aromatic heterocycles. The van der Waals surface area contributed by atoms with E-state index in [0.717, 1.165) is 0 Å². The van der Waals surface area contributed by atoms with Crippen molar-refractivity contribution in [3.8, 4) is 0 Å². The largest absolute Gasteiger partial charge is 0.337 e. The van der Waals surface area contributed by atoms with Gasteiger partial charge in [0.15, 0.2) is 0 Å². The van der Waals surface area contributed by atoms with E-state index < -0.39 is 6.03 Å². The molecular formula is C15H18ClN3O3. The Hall–Kier alpha value is -2.08. The van der Waals surface area contributed by atoms with Gasteiger partial charge in [-0.2, -0.15) is 0 Å². The van der Waals surface area contributed by atoms with Gasteiger partial charge in [0.25, 0.3) is 11.8 Å². The first kappa shape index (κ1) is 16.3. The minimum Gasteiger partial charge on any atom is -0.337 e.